The van der Waals surface area contributed by atoms with Crippen molar-refractivity contribution in [2.75, 3.05) is 0 Å². The molecule has 4 aromatic carbocycles. The molecule has 6 rings (SSSR count). The summed E-state index contributed by atoms with van der Waals surface area (Å²) in [6.45, 7) is 0. The molecule has 0 atom stereocenters. The van der Waals surface area contributed by atoms with E-state index in [9.17, 15) is 25.9 Å². The maximum atomic E-state index is 12.2. The summed E-state index contributed by atoms with van der Waals surface area (Å²) in [5.74, 6) is 0. The van der Waals surface area contributed by atoms with Gasteiger partial charge in [0.1, 0.15) is 31.6 Å². The Balaban J connectivity index is 0.00000240. The molecule has 0 amide bonds. The van der Waals surface area contributed by atoms with Crippen LogP contribution in [-0.2, 0) is 20.2 Å². The van der Waals surface area contributed by atoms with Gasteiger partial charge in [-0.2, -0.15) is 19.8 Å². The standard InChI is InChI=1S/C30H22N6O6S2.2Na/c37-43(38,39)29-17-25(35-31-19-27(33-35)21-7-3-1-4-8-21)15-13-23(29)11-12-24-14-16-26(18-30(24)44(40,41)42)36-32-20-28(34-36)22-9-5-2-6-10-22;;/h1-20H,(H,37,38,39)(H,40,41,42);;/q;2*+1/p-2. The van der Waals surface area contributed by atoms with E-state index in [4.69, 9.17) is 0 Å². The molecule has 0 unspecified atom stereocenters. The fourth-order valence-electron chi connectivity index (χ4n) is 4.44. The van der Waals surface area contributed by atoms with E-state index < -0.39 is 30.0 Å². The second kappa shape index (κ2) is 14.6. The number of aromatic nitrogens is 6. The molecule has 0 N–H and O–H groups in total. The van der Waals surface area contributed by atoms with Crippen LogP contribution < -0.4 is 59.1 Å². The largest absolute Gasteiger partial charge is 1.00 e. The zero-order chi connectivity index (χ0) is 30.9. The van der Waals surface area contributed by atoms with Crippen molar-refractivity contribution in [2.24, 2.45) is 0 Å². The third-order valence-corrected chi connectivity index (χ3v) is 8.34. The van der Waals surface area contributed by atoms with Crippen LogP contribution in [0.5, 0.6) is 0 Å². The Hall–Kier alpha value is -3.28. The molecule has 2 aromatic heterocycles. The molecule has 0 bridgehead atoms. The maximum absolute atomic E-state index is 12.2. The smallest absolute Gasteiger partial charge is 0.744 e. The Bertz CT molecular complexity index is 2080. The summed E-state index contributed by atoms with van der Waals surface area (Å²) in [4.78, 5) is 1.22. The summed E-state index contributed by atoms with van der Waals surface area (Å²) in [5.41, 5.74) is 3.04. The second-order valence-electron chi connectivity index (χ2n) is 9.46. The van der Waals surface area contributed by atoms with Gasteiger partial charge < -0.3 is 9.11 Å². The van der Waals surface area contributed by atoms with Crippen molar-refractivity contribution in [3.63, 3.8) is 0 Å². The van der Waals surface area contributed by atoms with Crippen LogP contribution in [0, 0.1) is 0 Å². The molecule has 0 aliphatic carbocycles. The van der Waals surface area contributed by atoms with Gasteiger partial charge >= 0.3 is 59.1 Å². The molecule has 0 spiro atoms. The van der Waals surface area contributed by atoms with Gasteiger partial charge in [-0.05, 0) is 35.4 Å². The number of hydrogen-bond donors (Lipinski definition) is 0. The minimum absolute atomic E-state index is 0. The molecule has 2 heterocycles. The summed E-state index contributed by atoms with van der Waals surface area (Å²) in [7, 11) is -9.97. The van der Waals surface area contributed by atoms with Crippen LogP contribution in [0.3, 0.4) is 0 Å². The summed E-state index contributed by atoms with van der Waals surface area (Å²) in [6, 6.07) is 26.4. The number of rotatable bonds is 8. The Morgan fingerprint density at radius 1 is 0.543 bits per heavy atom. The molecule has 0 saturated heterocycles. The van der Waals surface area contributed by atoms with Crippen LogP contribution in [0.4, 0.5) is 0 Å². The number of nitrogens with zero attached hydrogens (tertiary/aromatic N) is 6. The van der Waals surface area contributed by atoms with Crippen LogP contribution in [0.25, 0.3) is 46.0 Å². The predicted octanol–water partition coefficient (Wildman–Crippen LogP) is -1.83. The monoisotopic (exact) mass is 670 g/mol. The van der Waals surface area contributed by atoms with Crippen molar-refractivity contribution in [1.29, 1.82) is 0 Å². The predicted molar refractivity (Wildman–Crippen MR) is 158 cm³/mol. The van der Waals surface area contributed by atoms with Crippen molar-refractivity contribution in [2.45, 2.75) is 9.79 Å². The molecule has 16 heteroatoms. The van der Waals surface area contributed by atoms with Crippen LogP contribution in [0.2, 0.25) is 0 Å². The molecular weight excluding hydrogens is 650 g/mol. The Kier molecular flexibility index (Phi) is 11.3. The molecule has 0 radical (unpaired) electrons. The first kappa shape index (κ1) is 35.6. The van der Waals surface area contributed by atoms with Gasteiger partial charge in [-0.1, -0.05) is 84.9 Å². The Morgan fingerprint density at radius 3 is 1.26 bits per heavy atom. The van der Waals surface area contributed by atoms with Gasteiger partial charge in [-0.3, -0.25) is 0 Å². The van der Waals surface area contributed by atoms with Gasteiger partial charge in [-0.25, -0.2) is 16.8 Å². The fourth-order valence-corrected chi connectivity index (χ4v) is 5.82. The topological polar surface area (TPSA) is 176 Å². The Labute approximate surface area is 308 Å². The van der Waals surface area contributed by atoms with E-state index in [1.165, 1.54) is 58.4 Å². The molecule has 6 aromatic rings. The van der Waals surface area contributed by atoms with E-state index in [1.54, 1.807) is 0 Å². The number of hydrogen-bond acceptors (Lipinski definition) is 10. The van der Waals surface area contributed by atoms with Gasteiger partial charge in [0.25, 0.3) is 0 Å². The minimum atomic E-state index is -4.99. The number of benzene rings is 4. The normalized spacial score (nSPS) is 11.6. The van der Waals surface area contributed by atoms with Crippen LogP contribution in [0.1, 0.15) is 11.1 Å². The van der Waals surface area contributed by atoms with E-state index in [2.05, 4.69) is 20.4 Å². The van der Waals surface area contributed by atoms with E-state index in [0.717, 1.165) is 23.3 Å². The molecule has 0 aliphatic heterocycles. The van der Waals surface area contributed by atoms with Crippen molar-refractivity contribution in [3.05, 3.63) is 121 Å². The first-order valence-electron chi connectivity index (χ1n) is 12.9. The molecule has 12 nitrogen and oxygen atoms in total. The Morgan fingerprint density at radius 2 is 0.913 bits per heavy atom. The summed E-state index contributed by atoms with van der Waals surface area (Å²) < 4.78 is 73.2. The van der Waals surface area contributed by atoms with E-state index in [1.807, 2.05) is 60.7 Å². The molecule has 220 valence electrons. The van der Waals surface area contributed by atoms with Gasteiger partial charge in [0, 0.05) is 11.1 Å². The average molecular weight is 671 g/mol. The fraction of sp³-hybridized carbons (Fsp3) is 0. The first-order valence-corrected chi connectivity index (χ1v) is 15.7. The second-order valence-corrected chi connectivity index (χ2v) is 12.2. The van der Waals surface area contributed by atoms with Crippen LogP contribution >= 0.6 is 0 Å². The van der Waals surface area contributed by atoms with Crippen molar-refractivity contribution >= 4 is 32.4 Å². The van der Waals surface area contributed by atoms with Crippen LogP contribution in [-0.4, -0.2) is 55.9 Å². The van der Waals surface area contributed by atoms with Gasteiger partial charge in [-0.15, -0.1) is 10.2 Å². The maximum Gasteiger partial charge on any atom is 1.00 e. The third kappa shape index (κ3) is 7.98. The summed E-state index contributed by atoms with van der Waals surface area (Å²) in [5, 5.41) is 17.1. The van der Waals surface area contributed by atoms with E-state index in [0.29, 0.717) is 11.4 Å². The molecule has 0 saturated carbocycles. The van der Waals surface area contributed by atoms with Crippen molar-refractivity contribution < 1.29 is 85.1 Å². The quantitative estimate of drug-likeness (QED) is 0.102. The van der Waals surface area contributed by atoms with E-state index in [-0.39, 0.29) is 81.6 Å². The molecule has 0 fully saturated rings. The molecular formula is C30H20N6Na2O6S2. The van der Waals surface area contributed by atoms with Crippen LogP contribution in [0.15, 0.2) is 119 Å². The molecule has 46 heavy (non-hydrogen) atoms. The first-order chi connectivity index (χ1) is 21.1. The zero-order valence-corrected chi connectivity index (χ0v) is 30.1. The van der Waals surface area contributed by atoms with Gasteiger partial charge in [0.05, 0.1) is 33.6 Å². The summed E-state index contributed by atoms with van der Waals surface area (Å²) in [6.07, 6.45) is 5.49. The van der Waals surface area contributed by atoms with Crippen molar-refractivity contribution in [1.82, 2.24) is 30.0 Å². The third-order valence-electron chi connectivity index (χ3n) is 6.56. The average Bonchev–Trinajstić information content (AvgIpc) is 3.71. The zero-order valence-electron chi connectivity index (χ0n) is 24.5. The SMILES string of the molecule is O=S(=O)([O-])c1cc(-n2ncc(-c3ccccc3)n2)ccc1C=Cc1ccc(-n2ncc(-c3ccccc3)n2)cc1S(=O)(=O)[O-].[Na+].[Na+]. The van der Waals surface area contributed by atoms with Gasteiger partial charge in [0.15, 0.2) is 0 Å². The summed E-state index contributed by atoms with van der Waals surface area (Å²) >= 11 is 0. The van der Waals surface area contributed by atoms with E-state index >= 15 is 0 Å². The molecule has 0 aliphatic rings. The minimum Gasteiger partial charge on any atom is -0.744 e. The van der Waals surface area contributed by atoms with Crippen molar-refractivity contribution in [3.8, 4) is 33.9 Å². The van der Waals surface area contributed by atoms with Gasteiger partial charge in [0.2, 0.25) is 0 Å².